The molecular weight excluding hydrogens is 390 g/mol. The summed E-state index contributed by atoms with van der Waals surface area (Å²) in [5.74, 6) is 1.04. The average Bonchev–Trinajstić information content (AvgIpc) is 3.31. The molecule has 1 aliphatic rings. The molecule has 2 aromatic carbocycles. The standard InChI is InChI=1S/C21H19N3O4S/c1-27-16-8-4-15(5-9-16)23-19(25)13-28-17-6-2-14(3-7-17)12-18-20(26)24-11-10-22-21(24)29-18/h2-9,12H,10-11,13H2,1H3,(H,23,25). The molecular formula is C21H19N3O4S. The molecule has 148 valence electrons. The predicted octanol–water partition coefficient (Wildman–Crippen LogP) is 1.40. The lowest BCUT2D eigenvalue weighted by molar-refractivity contribution is -0.118. The summed E-state index contributed by atoms with van der Waals surface area (Å²) in [7, 11) is 1.59. The topological polar surface area (TPSA) is 81.9 Å². The van der Waals surface area contributed by atoms with Crippen LogP contribution in [0.2, 0.25) is 0 Å². The minimum Gasteiger partial charge on any atom is -0.497 e. The molecule has 2 heterocycles. The van der Waals surface area contributed by atoms with Crippen LogP contribution in [0.3, 0.4) is 0 Å². The van der Waals surface area contributed by atoms with E-state index in [1.165, 1.54) is 11.3 Å². The zero-order chi connectivity index (χ0) is 20.2. The van der Waals surface area contributed by atoms with Crippen molar-refractivity contribution in [2.75, 3.05) is 25.6 Å². The maximum absolute atomic E-state index is 12.3. The summed E-state index contributed by atoms with van der Waals surface area (Å²) >= 11 is 1.40. The number of rotatable bonds is 6. The number of aromatic nitrogens is 1. The number of methoxy groups -OCH3 is 1. The second-order valence-electron chi connectivity index (χ2n) is 6.37. The van der Waals surface area contributed by atoms with Crippen LogP contribution in [0.5, 0.6) is 11.5 Å². The highest BCUT2D eigenvalue weighted by atomic mass is 32.1. The Morgan fingerprint density at radius 3 is 2.59 bits per heavy atom. The molecule has 0 radical (unpaired) electrons. The molecule has 7 nitrogen and oxygen atoms in total. The van der Waals surface area contributed by atoms with Gasteiger partial charge in [-0.3, -0.25) is 19.1 Å². The third-order valence-corrected chi connectivity index (χ3v) is 5.42. The molecule has 0 fully saturated rings. The van der Waals surface area contributed by atoms with Crippen LogP contribution in [-0.2, 0) is 11.3 Å². The molecule has 1 N–H and O–H groups in total. The van der Waals surface area contributed by atoms with E-state index in [1.54, 1.807) is 48.1 Å². The first kappa shape index (κ1) is 18.9. The van der Waals surface area contributed by atoms with Gasteiger partial charge in [-0.05, 0) is 48.0 Å². The van der Waals surface area contributed by atoms with E-state index in [-0.39, 0.29) is 18.1 Å². The Morgan fingerprint density at radius 2 is 1.90 bits per heavy atom. The van der Waals surface area contributed by atoms with Crippen LogP contribution < -0.4 is 29.7 Å². The molecule has 0 bridgehead atoms. The molecule has 4 rings (SSSR count). The van der Waals surface area contributed by atoms with Crippen molar-refractivity contribution in [1.82, 2.24) is 4.57 Å². The summed E-state index contributed by atoms with van der Waals surface area (Å²) in [4.78, 5) is 29.4. The Morgan fingerprint density at radius 1 is 1.17 bits per heavy atom. The highest BCUT2D eigenvalue weighted by molar-refractivity contribution is 7.07. The van der Waals surface area contributed by atoms with E-state index >= 15 is 0 Å². The molecule has 0 spiro atoms. The van der Waals surface area contributed by atoms with Gasteiger partial charge in [0.2, 0.25) is 0 Å². The maximum atomic E-state index is 12.3. The van der Waals surface area contributed by atoms with Gasteiger partial charge in [0.05, 0.1) is 18.2 Å². The van der Waals surface area contributed by atoms with Crippen LogP contribution in [0, 0.1) is 0 Å². The van der Waals surface area contributed by atoms with Crippen LogP contribution in [0.1, 0.15) is 5.56 Å². The van der Waals surface area contributed by atoms with Gasteiger partial charge >= 0.3 is 0 Å². The molecule has 0 saturated carbocycles. The van der Waals surface area contributed by atoms with Crippen LogP contribution in [-0.4, -0.2) is 30.7 Å². The number of thiazole rings is 1. The first-order valence-electron chi connectivity index (χ1n) is 9.05. The first-order valence-corrected chi connectivity index (χ1v) is 9.87. The van der Waals surface area contributed by atoms with Gasteiger partial charge in [0, 0.05) is 12.2 Å². The van der Waals surface area contributed by atoms with Crippen molar-refractivity contribution < 1.29 is 14.3 Å². The minimum atomic E-state index is -0.254. The highest BCUT2D eigenvalue weighted by Gasteiger charge is 2.09. The van der Waals surface area contributed by atoms with E-state index in [1.807, 2.05) is 18.2 Å². The van der Waals surface area contributed by atoms with E-state index in [9.17, 15) is 9.59 Å². The number of anilines is 1. The van der Waals surface area contributed by atoms with Crippen molar-refractivity contribution in [3.63, 3.8) is 0 Å². The highest BCUT2D eigenvalue weighted by Crippen LogP contribution is 2.16. The molecule has 1 aromatic heterocycles. The number of ether oxygens (including phenoxy) is 2. The van der Waals surface area contributed by atoms with E-state index in [4.69, 9.17) is 9.47 Å². The number of hydrogen-bond donors (Lipinski definition) is 1. The fourth-order valence-electron chi connectivity index (χ4n) is 2.90. The van der Waals surface area contributed by atoms with Crippen molar-refractivity contribution in [2.45, 2.75) is 6.54 Å². The number of benzene rings is 2. The number of hydrogen-bond acceptors (Lipinski definition) is 6. The van der Waals surface area contributed by atoms with Crippen molar-refractivity contribution in [3.8, 4) is 11.5 Å². The number of nitrogens with one attached hydrogen (secondary N) is 1. The van der Waals surface area contributed by atoms with Crippen molar-refractivity contribution in [3.05, 3.63) is 73.8 Å². The van der Waals surface area contributed by atoms with Gasteiger partial charge in [0.15, 0.2) is 11.4 Å². The second-order valence-corrected chi connectivity index (χ2v) is 7.38. The molecule has 1 amide bonds. The number of carbonyl (C=O) groups excluding carboxylic acids is 1. The van der Waals surface area contributed by atoms with Crippen LogP contribution in [0.15, 0.2) is 58.3 Å². The second kappa shape index (κ2) is 8.32. The van der Waals surface area contributed by atoms with Crippen molar-refractivity contribution in [2.24, 2.45) is 4.99 Å². The Balaban J connectivity index is 1.36. The Bertz CT molecular complexity index is 1190. The normalized spacial score (nSPS) is 12.9. The third-order valence-electron chi connectivity index (χ3n) is 4.38. The molecule has 29 heavy (non-hydrogen) atoms. The summed E-state index contributed by atoms with van der Waals surface area (Å²) in [6.07, 6.45) is 1.84. The molecule has 0 unspecified atom stereocenters. The fraction of sp³-hybridized carbons (Fsp3) is 0.190. The third kappa shape index (κ3) is 4.38. The van der Waals surface area contributed by atoms with Gasteiger partial charge in [0.25, 0.3) is 11.5 Å². The fourth-order valence-corrected chi connectivity index (χ4v) is 3.93. The summed E-state index contributed by atoms with van der Waals surface area (Å²) in [5.41, 5.74) is 1.56. The minimum absolute atomic E-state index is 0.00165. The number of fused-ring (bicyclic) bond motifs is 1. The van der Waals surface area contributed by atoms with Crippen LogP contribution in [0.4, 0.5) is 5.69 Å². The smallest absolute Gasteiger partial charge is 0.270 e. The lowest BCUT2D eigenvalue weighted by Gasteiger charge is -2.08. The molecule has 1 aliphatic heterocycles. The molecule has 0 aliphatic carbocycles. The lowest BCUT2D eigenvalue weighted by Crippen LogP contribution is -2.29. The van der Waals surface area contributed by atoms with Crippen LogP contribution in [0.25, 0.3) is 6.08 Å². The SMILES string of the molecule is COc1ccc(NC(=O)COc2ccc(C=c3sc4n(c3=O)CCN=4)cc2)cc1. The molecule has 8 heteroatoms. The largest absolute Gasteiger partial charge is 0.497 e. The number of carbonyl (C=O) groups is 1. The first-order chi connectivity index (χ1) is 14.1. The Labute approximate surface area is 170 Å². The zero-order valence-corrected chi connectivity index (χ0v) is 16.6. The summed E-state index contributed by atoms with van der Waals surface area (Å²) in [5, 5.41) is 2.76. The van der Waals surface area contributed by atoms with Gasteiger partial charge in [0.1, 0.15) is 11.5 Å². The van der Waals surface area contributed by atoms with E-state index < -0.39 is 0 Å². The summed E-state index contributed by atoms with van der Waals surface area (Å²) in [6, 6.07) is 14.3. The van der Waals surface area contributed by atoms with Gasteiger partial charge in [-0.25, -0.2) is 0 Å². The van der Waals surface area contributed by atoms with Crippen LogP contribution >= 0.6 is 11.3 Å². The number of amides is 1. The van der Waals surface area contributed by atoms with Gasteiger partial charge in [-0.15, -0.1) is 0 Å². The molecule has 0 atom stereocenters. The Kier molecular flexibility index (Phi) is 5.44. The zero-order valence-electron chi connectivity index (χ0n) is 15.8. The molecule has 0 saturated heterocycles. The van der Waals surface area contributed by atoms with E-state index in [0.717, 1.165) is 16.1 Å². The maximum Gasteiger partial charge on any atom is 0.270 e. The predicted molar refractivity (Wildman–Crippen MR) is 111 cm³/mol. The van der Waals surface area contributed by atoms with Crippen molar-refractivity contribution in [1.29, 1.82) is 0 Å². The Hall–Kier alpha value is -3.39. The average molecular weight is 409 g/mol. The summed E-state index contributed by atoms with van der Waals surface area (Å²) in [6.45, 7) is 1.24. The lowest BCUT2D eigenvalue weighted by atomic mass is 10.2. The quantitative estimate of drug-likeness (QED) is 0.667. The summed E-state index contributed by atoms with van der Waals surface area (Å²) < 4.78 is 13.0. The number of nitrogens with zero attached hydrogens (tertiary/aromatic N) is 2. The van der Waals surface area contributed by atoms with E-state index in [2.05, 4.69) is 10.3 Å². The van der Waals surface area contributed by atoms with Gasteiger partial charge in [-0.2, -0.15) is 0 Å². The van der Waals surface area contributed by atoms with Crippen molar-refractivity contribution >= 4 is 29.0 Å². The van der Waals surface area contributed by atoms with Gasteiger partial charge < -0.3 is 14.8 Å². The monoisotopic (exact) mass is 409 g/mol. The van der Waals surface area contributed by atoms with Gasteiger partial charge in [-0.1, -0.05) is 23.5 Å². The molecule has 3 aromatic rings. The van der Waals surface area contributed by atoms with E-state index in [0.29, 0.717) is 29.1 Å².